The molecule has 0 radical (unpaired) electrons. The summed E-state index contributed by atoms with van der Waals surface area (Å²) in [7, 11) is 0. The third kappa shape index (κ3) is 4.02. The molecule has 0 spiro atoms. The van der Waals surface area contributed by atoms with Gasteiger partial charge in [0, 0.05) is 5.56 Å². The molecule has 3 nitrogen and oxygen atoms in total. The van der Waals surface area contributed by atoms with Gasteiger partial charge >= 0.3 is 6.18 Å². The highest BCUT2D eigenvalue weighted by Crippen LogP contribution is 2.32. The van der Waals surface area contributed by atoms with Crippen LogP contribution < -0.4 is 0 Å². The molecule has 18 heavy (non-hydrogen) atoms. The Labute approximate surface area is 102 Å². The molecule has 98 valence electrons. The largest absolute Gasteiger partial charge is 0.416 e. The quantitative estimate of drug-likeness (QED) is 0.647. The SMILES string of the molecule is [C-]#[N+][C@@H](CC(C)(O)O)c1ccc(C(F)(F)F)cc1. The van der Waals surface area contributed by atoms with E-state index in [0.717, 1.165) is 19.1 Å². The Bertz CT molecular complexity index is 440. The summed E-state index contributed by atoms with van der Waals surface area (Å²) in [6, 6.07) is 3.22. The lowest BCUT2D eigenvalue weighted by Gasteiger charge is -2.17. The topological polar surface area (TPSA) is 44.8 Å². The molecule has 0 bridgehead atoms. The maximum Gasteiger partial charge on any atom is 0.416 e. The van der Waals surface area contributed by atoms with E-state index < -0.39 is 23.6 Å². The molecule has 0 aromatic heterocycles. The Morgan fingerprint density at radius 2 is 1.72 bits per heavy atom. The first-order chi connectivity index (χ1) is 8.13. The molecular weight excluding hydrogens is 247 g/mol. The second-order valence-electron chi connectivity index (χ2n) is 4.19. The van der Waals surface area contributed by atoms with Crippen molar-refractivity contribution in [1.29, 1.82) is 0 Å². The summed E-state index contributed by atoms with van der Waals surface area (Å²) in [6.45, 7) is 8.05. The number of nitrogens with zero attached hydrogens (tertiary/aromatic N) is 1. The van der Waals surface area contributed by atoms with E-state index in [-0.39, 0.29) is 6.42 Å². The maximum atomic E-state index is 12.3. The number of hydrogen-bond acceptors (Lipinski definition) is 2. The van der Waals surface area contributed by atoms with Crippen LogP contribution in [0, 0.1) is 6.57 Å². The molecule has 1 rings (SSSR count). The first kappa shape index (κ1) is 14.5. The second-order valence-corrected chi connectivity index (χ2v) is 4.19. The molecule has 0 unspecified atom stereocenters. The molecule has 6 heteroatoms. The zero-order valence-electron chi connectivity index (χ0n) is 9.57. The molecule has 0 aliphatic rings. The highest BCUT2D eigenvalue weighted by molar-refractivity contribution is 5.28. The van der Waals surface area contributed by atoms with Crippen molar-refractivity contribution in [2.45, 2.75) is 31.3 Å². The van der Waals surface area contributed by atoms with Gasteiger partial charge in [0.1, 0.15) is 0 Å². The van der Waals surface area contributed by atoms with Crippen LogP contribution in [0.5, 0.6) is 0 Å². The molecule has 0 aliphatic heterocycles. The number of benzene rings is 1. The van der Waals surface area contributed by atoms with Gasteiger partial charge in [0.2, 0.25) is 0 Å². The fourth-order valence-corrected chi connectivity index (χ4v) is 1.50. The monoisotopic (exact) mass is 259 g/mol. The average Bonchev–Trinajstić information content (AvgIpc) is 2.24. The fraction of sp³-hybridized carbons (Fsp3) is 0.417. The number of aliphatic hydroxyl groups is 2. The van der Waals surface area contributed by atoms with Gasteiger partial charge in [0.15, 0.2) is 5.79 Å². The van der Waals surface area contributed by atoms with Crippen LogP contribution in [0.1, 0.15) is 30.5 Å². The molecule has 0 amide bonds. The number of halogens is 3. The van der Waals surface area contributed by atoms with Crippen molar-refractivity contribution >= 4 is 0 Å². The van der Waals surface area contributed by atoms with Crippen LogP contribution in [0.15, 0.2) is 24.3 Å². The van der Waals surface area contributed by atoms with Crippen LogP contribution in [0.4, 0.5) is 13.2 Å². The van der Waals surface area contributed by atoms with Gasteiger partial charge in [-0.25, -0.2) is 6.57 Å². The van der Waals surface area contributed by atoms with Crippen LogP contribution in [0.3, 0.4) is 0 Å². The Kier molecular flexibility index (Phi) is 3.99. The third-order valence-corrected chi connectivity index (χ3v) is 2.36. The maximum absolute atomic E-state index is 12.3. The van der Waals surface area contributed by atoms with E-state index >= 15 is 0 Å². The molecule has 0 aliphatic carbocycles. The van der Waals surface area contributed by atoms with Crippen molar-refractivity contribution in [1.82, 2.24) is 0 Å². The molecule has 0 saturated carbocycles. The molecule has 1 atom stereocenters. The van der Waals surface area contributed by atoms with Crippen molar-refractivity contribution in [3.05, 3.63) is 46.8 Å². The van der Waals surface area contributed by atoms with Gasteiger partial charge in [-0.1, -0.05) is 12.1 Å². The molecule has 0 heterocycles. The lowest BCUT2D eigenvalue weighted by Crippen LogP contribution is -2.25. The molecule has 0 fully saturated rings. The van der Waals surface area contributed by atoms with Gasteiger partial charge in [-0.3, -0.25) is 0 Å². The highest BCUT2D eigenvalue weighted by atomic mass is 19.4. The minimum absolute atomic E-state index is 0.262. The van der Waals surface area contributed by atoms with Gasteiger partial charge < -0.3 is 15.1 Å². The first-order valence-corrected chi connectivity index (χ1v) is 5.12. The van der Waals surface area contributed by atoms with Gasteiger partial charge in [0.25, 0.3) is 6.04 Å². The molecular formula is C12H12F3NO2. The summed E-state index contributed by atoms with van der Waals surface area (Å²) in [4.78, 5) is 3.18. The number of hydrogen-bond donors (Lipinski definition) is 2. The predicted molar refractivity (Wildman–Crippen MR) is 58.2 cm³/mol. The Morgan fingerprint density at radius 1 is 1.22 bits per heavy atom. The number of rotatable bonds is 3. The van der Waals surface area contributed by atoms with E-state index in [1.54, 1.807) is 0 Å². The van der Waals surface area contributed by atoms with Gasteiger partial charge in [-0.2, -0.15) is 13.2 Å². The minimum Gasteiger partial charge on any atom is -0.366 e. The standard InChI is InChI=1S/C12H12F3NO2/c1-11(17,18)7-10(16-2)8-3-5-9(6-4-8)12(13,14)15/h3-6,10,17-18H,7H2,1H3/t10-/m0/s1. The molecule has 1 aromatic carbocycles. The summed E-state index contributed by atoms with van der Waals surface area (Å²) >= 11 is 0. The first-order valence-electron chi connectivity index (χ1n) is 5.12. The van der Waals surface area contributed by atoms with E-state index in [1.165, 1.54) is 12.1 Å². The Morgan fingerprint density at radius 3 is 2.06 bits per heavy atom. The summed E-state index contributed by atoms with van der Waals surface area (Å²) in [5, 5.41) is 18.4. The zero-order chi connectivity index (χ0) is 14.0. The summed E-state index contributed by atoms with van der Waals surface area (Å²) in [5.74, 6) is -2.03. The molecule has 2 N–H and O–H groups in total. The van der Waals surface area contributed by atoms with Crippen molar-refractivity contribution in [2.24, 2.45) is 0 Å². The van der Waals surface area contributed by atoms with Crippen LogP contribution in [0.25, 0.3) is 4.85 Å². The van der Waals surface area contributed by atoms with Crippen molar-refractivity contribution in [3.8, 4) is 0 Å². The summed E-state index contributed by atoms with van der Waals surface area (Å²) < 4.78 is 37.0. The van der Waals surface area contributed by atoms with E-state index in [0.29, 0.717) is 5.56 Å². The third-order valence-electron chi connectivity index (χ3n) is 2.36. The minimum atomic E-state index is -4.42. The van der Waals surface area contributed by atoms with Crippen molar-refractivity contribution in [2.75, 3.05) is 0 Å². The lowest BCUT2D eigenvalue weighted by atomic mass is 9.99. The second kappa shape index (κ2) is 4.96. The van der Waals surface area contributed by atoms with E-state index in [1.807, 2.05) is 0 Å². The fourth-order valence-electron chi connectivity index (χ4n) is 1.50. The van der Waals surface area contributed by atoms with E-state index in [4.69, 9.17) is 6.57 Å². The normalized spacial score (nSPS) is 14.1. The summed E-state index contributed by atoms with van der Waals surface area (Å²) in [5.41, 5.74) is -0.474. The van der Waals surface area contributed by atoms with Gasteiger partial charge in [-0.05, 0) is 19.1 Å². The predicted octanol–water partition coefficient (Wildman–Crippen LogP) is 2.76. The van der Waals surface area contributed by atoms with Crippen LogP contribution in [-0.2, 0) is 6.18 Å². The van der Waals surface area contributed by atoms with Crippen LogP contribution in [-0.4, -0.2) is 16.0 Å². The van der Waals surface area contributed by atoms with E-state index in [9.17, 15) is 23.4 Å². The van der Waals surface area contributed by atoms with Crippen LogP contribution >= 0.6 is 0 Å². The van der Waals surface area contributed by atoms with E-state index in [2.05, 4.69) is 4.85 Å². The average molecular weight is 259 g/mol. The van der Waals surface area contributed by atoms with Gasteiger partial charge in [-0.15, -0.1) is 0 Å². The number of alkyl halides is 3. The molecule has 1 aromatic rings. The molecule has 0 saturated heterocycles. The van der Waals surface area contributed by atoms with Crippen molar-refractivity contribution < 1.29 is 23.4 Å². The van der Waals surface area contributed by atoms with Crippen molar-refractivity contribution in [3.63, 3.8) is 0 Å². The zero-order valence-corrected chi connectivity index (χ0v) is 9.57. The van der Waals surface area contributed by atoms with Gasteiger partial charge in [0.05, 0.1) is 12.0 Å². The Balaban J connectivity index is 2.94. The van der Waals surface area contributed by atoms with Crippen LogP contribution in [0.2, 0.25) is 0 Å². The Hall–Kier alpha value is -1.58. The highest BCUT2D eigenvalue weighted by Gasteiger charge is 2.32. The summed E-state index contributed by atoms with van der Waals surface area (Å²) in [6.07, 6.45) is -4.68. The smallest absolute Gasteiger partial charge is 0.366 e. The lowest BCUT2D eigenvalue weighted by molar-refractivity contribution is -0.151.